The molecule has 0 spiro atoms. The van der Waals surface area contributed by atoms with Crippen molar-refractivity contribution >= 4 is 5.91 Å². The molecule has 0 aliphatic heterocycles. The van der Waals surface area contributed by atoms with Crippen molar-refractivity contribution in [2.75, 3.05) is 21.3 Å². The highest BCUT2D eigenvalue weighted by molar-refractivity contribution is 5.73. The summed E-state index contributed by atoms with van der Waals surface area (Å²) in [5.74, 6) is 1.60. The van der Waals surface area contributed by atoms with Crippen LogP contribution in [-0.2, 0) is 4.79 Å². The minimum atomic E-state index is -0.129. The molecule has 0 aromatic heterocycles. The molecule has 0 aliphatic rings. The standard InChI is InChI=1S/C13H19NO4/c1-8(14-9(2)15)10-6-11(16-3)13(18-5)12(7-10)17-4/h6-8H,1-5H3,(H,14,15). The lowest BCUT2D eigenvalue weighted by Gasteiger charge is -2.18. The highest BCUT2D eigenvalue weighted by atomic mass is 16.5. The molecule has 18 heavy (non-hydrogen) atoms. The Morgan fingerprint density at radius 2 is 1.61 bits per heavy atom. The zero-order valence-electron chi connectivity index (χ0n) is 11.4. The minimum absolute atomic E-state index is 0.0868. The zero-order chi connectivity index (χ0) is 13.7. The first-order valence-electron chi connectivity index (χ1n) is 5.60. The first kappa shape index (κ1) is 14.2. The molecule has 0 saturated heterocycles. The van der Waals surface area contributed by atoms with E-state index in [9.17, 15) is 4.79 Å². The Balaban J connectivity index is 3.18. The van der Waals surface area contributed by atoms with Crippen molar-refractivity contribution < 1.29 is 19.0 Å². The van der Waals surface area contributed by atoms with Gasteiger partial charge in [0.05, 0.1) is 27.4 Å². The molecule has 0 heterocycles. The zero-order valence-corrected chi connectivity index (χ0v) is 11.4. The van der Waals surface area contributed by atoms with Crippen LogP contribution in [-0.4, -0.2) is 27.2 Å². The van der Waals surface area contributed by atoms with Gasteiger partial charge < -0.3 is 19.5 Å². The monoisotopic (exact) mass is 253 g/mol. The Labute approximate surface area is 107 Å². The molecule has 0 aliphatic carbocycles. The van der Waals surface area contributed by atoms with Gasteiger partial charge in [0.1, 0.15) is 0 Å². The van der Waals surface area contributed by atoms with Crippen LogP contribution in [0.15, 0.2) is 12.1 Å². The highest BCUT2D eigenvalue weighted by Gasteiger charge is 2.16. The smallest absolute Gasteiger partial charge is 0.217 e. The van der Waals surface area contributed by atoms with Crippen molar-refractivity contribution in [2.45, 2.75) is 19.9 Å². The van der Waals surface area contributed by atoms with E-state index in [0.29, 0.717) is 17.2 Å². The number of ether oxygens (including phenoxy) is 3. The van der Waals surface area contributed by atoms with Gasteiger partial charge in [-0.1, -0.05) is 0 Å². The van der Waals surface area contributed by atoms with Crippen LogP contribution in [0, 0.1) is 0 Å². The number of nitrogens with one attached hydrogen (secondary N) is 1. The van der Waals surface area contributed by atoms with Crippen LogP contribution in [0.1, 0.15) is 25.5 Å². The second-order valence-electron chi connectivity index (χ2n) is 3.88. The summed E-state index contributed by atoms with van der Waals surface area (Å²) in [4.78, 5) is 11.1. The average Bonchev–Trinajstić information content (AvgIpc) is 2.35. The van der Waals surface area contributed by atoms with Gasteiger partial charge in [0.15, 0.2) is 11.5 Å². The Morgan fingerprint density at radius 3 is 1.94 bits per heavy atom. The molecule has 5 nitrogen and oxygen atoms in total. The first-order valence-corrected chi connectivity index (χ1v) is 5.60. The molecular weight excluding hydrogens is 234 g/mol. The lowest BCUT2D eigenvalue weighted by Crippen LogP contribution is -2.23. The molecule has 1 amide bonds. The Kier molecular flexibility index (Phi) is 4.83. The molecule has 1 rings (SSSR count). The number of carbonyl (C=O) groups is 1. The Morgan fingerprint density at radius 1 is 1.11 bits per heavy atom. The van der Waals surface area contributed by atoms with Crippen molar-refractivity contribution in [1.29, 1.82) is 0 Å². The van der Waals surface area contributed by atoms with Gasteiger partial charge >= 0.3 is 0 Å². The fourth-order valence-electron chi connectivity index (χ4n) is 1.74. The van der Waals surface area contributed by atoms with Gasteiger partial charge in [-0.2, -0.15) is 0 Å². The highest BCUT2D eigenvalue weighted by Crippen LogP contribution is 2.39. The van der Waals surface area contributed by atoms with Crippen molar-refractivity contribution in [3.8, 4) is 17.2 Å². The lowest BCUT2D eigenvalue weighted by molar-refractivity contribution is -0.119. The number of benzene rings is 1. The van der Waals surface area contributed by atoms with Gasteiger partial charge in [0, 0.05) is 6.92 Å². The van der Waals surface area contributed by atoms with Crippen LogP contribution in [0.5, 0.6) is 17.2 Å². The molecule has 0 saturated carbocycles. The summed E-state index contributed by atoms with van der Waals surface area (Å²) in [6.07, 6.45) is 0. The molecule has 1 atom stereocenters. The summed E-state index contributed by atoms with van der Waals surface area (Å²) >= 11 is 0. The van der Waals surface area contributed by atoms with E-state index in [1.807, 2.05) is 19.1 Å². The second-order valence-corrected chi connectivity index (χ2v) is 3.88. The number of methoxy groups -OCH3 is 3. The fourth-order valence-corrected chi connectivity index (χ4v) is 1.74. The van der Waals surface area contributed by atoms with Crippen LogP contribution in [0.25, 0.3) is 0 Å². The molecule has 1 aromatic carbocycles. The molecular formula is C13H19NO4. The van der Waals surface area contributed by atoms with Gasteiger partial charge in [-0.15, -0.1) is 0 Å². The van der Waals surface area contributed by atoms with Crippen molar-refractivity contribution in [1.82, 2.24) is 5.32 Å². The molecule has 1 aromatic rings. The van der Waals surface area contributed by atoms with Crippen LogP contribution in [0.2, 0.25) is 0 Å². The topological polar surface area (TPSA) is 56.8 Å². The maximum atomic E-state index is 11.1. The van der Waals surface area contributed by atoms with E-state index in [0.717, 1.165) is 5.56 Å². The molecule has 1 unspecified atom stereocenters. The summed E-state index contributed by atoms with van der Waals surface area (Å²) in [7, 11) is 4.67. The SMILES string of the molecule is COc1cc(C(C)NC(C)=O)cc(OC)c1OC. The molecule has 100 valence electrons. The summed E-state index contributed by atoms with van der Waals surface area (Å²) in [6.45, 7) is 3.37. The number of hydrogen-bond acceptors (Lipinski definition) is 4. The molecule has 0 bridgehead atoms. The minimum Gasteiger partial charge on any atom is -0.493 e. The third-order valence-corrected chi connectivity index (χ3v) is 2.61. The van der Waals surface area contributed by atoms with Crippen molar-refractivity contribution in [3.63, 3.8) is 0 Å². The van der Waals surface area contributed by atoms with Crippen LogP contribution in [0.3, 0.4) is 0 Å². The van der Waals surface area contributed by atoms with Crippen LogP contribution < -0.4 is 19.5 Å². The molecule has 5 heteroatoms. The summed E-state index contributed by atoms with van der Waals surface area (Å²) in [5, 5.41) is 2.81. The van der Waals surface area contributed by atoms with Gasteiger partial charge in [0.2, 0.25) is 11.7 Å². The first-order chi connectivity index (χ1) is 8.53. The van der Waals surface area contributed by atoms with Gasteiger partial charge in [-0.05, 0) is 24.6 Å². The van der Waals surface area contributed by atoms with E-state index in [2.05, 4.69) is 5.32 Å². The third kappa shape index (κ3) is 3.06. The third-order valence-electron chi connectivity index (χ3n) is 2.61. The van der Waals surface area contributed by atoms with E-state index in [1.165, 1.54) is 6.92 Å². The average molecular weight is 253 g/mol. The number of carbonyl (C=O) groups excluding carboxylic acids is 1. The predicted molar refractivity (Wildman–Crippen MR) is 68.3 cm³/mol. The quantitative estimate of drug-likeness (QED) is 0.871. The maximum absolute atomic E-state index is 11.1. The fraction of sp³-hybridized carbons (Fsp3) is 0.462. The number of hydrogen-bond donors (Lipinski definition) is 1. The molecule has 1 N–H and O–H groups in total. The van der Waals surface area contributed by atoms with E-state index in [-0.39, 0.29) is 11.9 Å². The largest absolute Gasteiger partial charge is 0.493 e. The lowest BCUT2D eigenvalue weighted by atomic mass is 10.1. The summed E-state index contributed by atoms with van der Waals surface area (Å²) in [6, 6.07) is 3.51. The predicted octanol–water partition coefficient (Wildman–Crippen LogP) is 1.91. The van der Waals surface area contributed by atoms with Gasteiger partial charge in [0.25, 0.3) is 0 Å². The van der Waals surface area contributed by atoms with E-state index in [4.69, 9.17) is 14.2 Å². The summed E-state index contributed by atoms with van der Waals surface area (Å²) in [5.41, 5.74) is 0.889. The van der Waals surface area contributed by atoms with Crippen molar-refractivity contribution in [3.05, 3.63) is 17.7 Å². The second kappa shape index (κ2) is 6.14. The number of amides is 1. The Hall–Kier alpha value is -1.91. The van der Waals surface area contributed by atoms with E-state index in [1.54, 1.807) is 21.3 Å². The maximum Gasteiger partial charge on any atom is 0.217 e. The van der Waals surface area contributed by atoms with E-state index >= 15 is 0 Å². The number of rotatable bonds is 5. The van der Waals surface area contributed by atoms with E-state index < -0.39 is 0 Å². The van der Waals surface area contributed by atoms with Gasteiger partial charge in [-0.3, -0.25) is 4.79 Å². The molecule has 0 fully saturated rings. The Bertz CT molecular complexity index is 406. The molecule has 0 radical (unpaired) electrons. The normalized spacial score (nSPS) is 11.6. The van der Waals surface area contributed by atoms with Crippen molar-refractivity contribution in [2.24, 2.45) is 0 Å². The van der Waals surface area contributed by atoms with Crippen LogP contribution >= 0.6 is 0 Å². The summed E-state index contributed by atoms with van der Waals surface area (Å²) < 4.78 is 15.8. The van der Waals surface area contributed by atoms with Crippen LogP contribution in [0.4, 0.5) is 0 Å². The van der Waals surface area contributed by atoms with Gasteiger partial charge in [-0.25, -0.2) is 0 Å².